The summed E-state index contributed by atoms with van der Waals surface area (Å²) >= 11 is 0. The Balaban J connectivity index is 2.15. The lowest BCUT2D eigenvalue weighted by atomic mass is 10.1. The zero-order chi connectivity index (χ0) is 13.7. The third-order valence-corrected chi connectivity index (χ3v) is 5.37. The molecular formula is C14H22N2O2S. The minimum atomic E-state index is -3.27. The predicted octanol–water partition coefficient (Wildman–Crippen LogP) is 2.13. The van der Waals surface area contributed by atoms with Crippen LogP contribution in [0.5, 0.6) is 0 Å². The highest BCUT2D eigenvalue weighted by Gasteiger charge is 2.27. The number of rotatable bonds is 5. The van der Waals surface area contributed by atoms with Crippen LogP contribution >= 0.6 is 0 Å². The van der Waals surface area contributed by atoms with E-state index in [-0.39, 0.29) is 5.25 Å². The van der Waals surface area contributed by atoms with E-state index in [2.05, 4.69) is 17.0 Å². The molecule has 1 aliphatic rings. The Labute approximate surface area is 115 Å². The van der Waals surface area contributed by atoms with E-state index in [4.69, 9.17) is 0 Å². The molecule has 0 aliphatic carbocycles. The summed E-state index contributed by atoms with van der Waals surface area (Å²) in [6.07, 6.45) is 3.27. The minimum absolute atomic E-state index is 0.275. The molecule has 1 fully saturated rings. The lowest BCUT2D eigenvalue weighted by Gasteiger charge is -2.24. The van der Waals surface area contributed by atoms with Crippen molar-refractivity contribution < 1.29 is 8.42 Å². The monoisotopic (exact) mass is 282 g/mol. The van der Waals surface area contributed by atoms with Crippen molar-refractivity contribution >= 4 is 15.7 Å². The molecule has 0 saturated carbocycles. The average molecular weight is 282 g/mol. The van der Waals surface area contributed by atoms with Crippen LogP contribution in [0.2, 0.25) is 0 Å². The van der Waals surface area contributed by atoms with Gasteiger partial charge in [-0.3, -0.25) is 4.72 Å². The molecule has 1 aliphatic heterocycles. The normalized spacial score (nSPS) is 17.3. The Morgan fingerprint density at radius 2 is 1.95 bits per heavy atom. The summed E-state index contributed by atoms with van der Waals surface area (Å²) in [6.45, 7) is 3.66. The number of aryl methyl sites for hydroxylation is 1. The van der Waals surface area contributed by atoms with Crippen molar-refractivity contribution in [1.82, 2.24) is 5.32 Å². The minimum Gasteiger partial charge on any atom is -0.317 e. The fourth-order valence-electron chi connectivity index (χ4n) is 2.45. The van der Waals surface area contributed by atoms with Crippen molar-refractivity contribution in [2.24, 2.45) is 0 Å². The molecule has 0 bridgehead atoms. The quantitative estimate of drug-likeness (QED) is 0.870. The third-order valence-electron chi connectivity index (χ3n) is 3.51. The van der Waals surface area contributed by atoms with E-state index in [1.54, 1.807) is 0 Å². The number of hydrogen-bond donors (Lipinski definition) is 2. The van der Waals surface area contributed by atoms with Gasteiger partial charge in [0.1, 0.15) is 0 Å². The van der Waals surface area contributed by atoms with E-state index >= 15 is 0 Å². The van der Waals surface area contributed by atoms with Crippen LogP contribution in [0.25, 0.3) is 0 Å². The van der Waals surface area contributed by atoms with Gasteiger partial charge in [0.05, 0.1) is 10.9 Å². The van der Waals surface area contributed by atoms with Gasteiger partial charge in [0, 0.05) is 0 Å². The SMILES string of the molecule is CCCc1ccccc1NS(=O)(=O)C1CCNCC1. The van der Waals surface area contributed by atoms with Gasteiger partial charge in [-0.1, -0.05) is 31.5 Å². The highest BCUT2D eigenvalue weighted by molar-refractivity contribution is 7.93. The van der Waals surface area contributed by atoms with Gasteiger partial charge in [-0.25, -0.2) is 8.42 Å². The summed E-state index contributed by atoms with van der Waals surface area (Å²) < 4.78 is 27.5. The van der Waals surface area contributed by atoms with Crippen LogP contribution < -0.4 is 10.0 Å². The first-order chi connectivity index (χ1) is 9.13. The first kappa shape index (κ1) is 14.3. The fraction of sp³-hybridized carbons (Fsp3) is 0.571. The Kier molecular flexibility index (Phi) is 4.82. The van der Waals surface area contributed by atoms with Crippen molar-refractivity contribution in [3.05, 3.63) is 29.8 Å². The molecule has 0 spiro atoms. The number of para-hydroxylation sites is 1. The van der Waals surface area contributed by atoms with Gasteiger partial charge in [-0.05, 0) is 44.0 Å². The molecule has 5 heteroatoms. The van der Waals surface area contributed by atoms with Crippen molar-refractivity contribution in [3.63, 3.8) is 0 Å². The molecule has 0 amide bonds. The van der Waals surface area contributed by atoms with E-state index in [1.165, 1.54) is 0 Å². The van der Waals surface area contributed by atoms with Crippen LogP contribution in [0.15, 0.2) is 24.3 Å². The summed E-state index contributed by atoms with van der Waals surface area (Å²) in [5.74, 6) is 0. The van der Waals surface area contributed by atoms with Gasteiger partial charge in [-0.15, -0.1) is 0 Å². The van der Waals surface area contributed by atoms with Gasteiger partial charge >= 0.3 is 0 Å². The van der Waals surface area contributed by atoms with Crippen molar-refractivity contribution in [1.29, 1.82) is 0 Å². The molecule has 1 aromatic rings. The molecule has 2 N–H and O–H groups in total. The smallest absolute Gasteiger partial charge is 0.235 e. The Hall–Kier alpha value is -1.07. The molecule has 1 saturated heterocycles. The number of piperidine rings is 1. The lowest BCUT2D eigenvalue weighted by molar-refractivity contribution is 0.499. The summed E-state index contributed by atoms with van der Waals surface area (Å²) in [4.78, 5) is 0. The van der Waals surface area contributed by atoms with Gasteiger partial charge in [-0.2, -0.15) is 0 Å². The second-order valence-electron chi connectivity index (χ2n) is 5.00. The van der Waals surface area contributed by atoms with E-state index in [0.717, 1.165) is 37.2 Å². The molecular weight excluding hydrogens is 260 g/mol. The van der Waals surface area contributed by atoms with Gasteiger partial charge in [0.15, 0.2) is 0 Å². The maximum absolute atomic E-state index is 12.4. The molecule has 0 aromatic heterocycles. The van der Waals surface area contributed by atoms with Crippen molar-refractivity contribution in [3.8, 4) is 0 Å². The van der Waals surface area contributed by atoms with Gasteiger partial charge in [0.2, 0.25) is 10.0 Å². The van der Waals surface area contributed by atoms with E-state index in [0.29, 0.717) is 12.8 Å². The lowest BCUT2D eigenvalue weighted by Crippen LogP contribution is -2.38. The first-order valence-corrected chi connectivity index (χ1v) is 8.48. The Morgan fingerprint density at radius 1 is 1.26 bits per heavy atom. The average Bonchev–Trinajstić information content (AvgIpc) is 2.42. The van der Waals surface area contributed by atoms with Gasteiger partial charge in [0.25, 0.3) is 0 Å². The van der Waals surface area contributed by atoms with Gasteiger partial charge < -0.3 is 5.32 Å². The largest absolute Gasteiger partial charge is 0.317 e. The second kappa shape index (κ2) is 6.39. The van der Waals surface area contributed by atoms with Crippen molar-refractivity contribution in [2.75, 3.05) is 17.8 Å². The summed E-state index contributed by atoms with van der Waals surface area (Å²) in [6, 6.07) is 7.67. The predicted molar refractivity (Wildman–Crippen MR) is 78.9 cm³/mol. The standard InChI is InChI=1S/C14H22N2O2S/c1-2-5-12-6-3-4-7-14(12)16-19(17,18)13-8-10-15-11-9-13/h3-4,6-7,13,15-16H,2,5,8-11H2,1H3. The molecule has 1 aromatic carbocycles. The summed E-state index contributed by atoms with van der Waals surface area (Å²) in [5, 5.41) is 2.92. The first-order valence-electron chi connectivity index (χ1n) is 6.93. The number of nitrogens with one attached hydrogen (secondary N) is 2. The molecule has 0 radical (unpaired) electrons. The topological polar surface area (TPSA) is 58.2 Å². The van der Waals surface area contributed by atoms with E-state index < -0.39 is 10.0 Å². The highest BCUT2D eigenvalue weighted by atomic mass is 32.2. The molecule has 19 heavy (non-hydrogen) atoms. The maximum atomic E-state index is 12.4. The van der Waals surface area contributed by atoms with Crippen LogP contribution in [-0.4, -0.2) is 26.8 Å². The number of hydrogen-bond acceptors (Lipinski definition) is 3. The maximum Gasteiger partial charge on any atom is 0.235 e. The number of sulfonamides is 1. The zero-order valence-electron chi connectivity index (χ0n) is 11.4. The Morgan fingerprint density at radius 3 is 2.63 bits per heavy atom. The number of benzene rings is 1. The molecule has 2 rings (SSSR count). The second-order valence-corrected chi connectivity index (χ2v) is 6.96. The molecule has 0 unspecified atom stereocenters. The molecule has 106 valence electrons. The highest BCUT2D eigenvalue weighted by Crippen LogP contribution is 2.22. The van der Waals surface area contributed by atoms with Crippen LogP contribution in [0.3, 0.4) is 0 Å². The third kappa shape index (κ3) is 3.70. The Bertz CT molecular complexity index is 508. The van der Waals surface area contributed by atoms with Crippen LogP contribution in [0, 0.1) is 0 Å². The van der Waals surface area contributed by atoms with Crippen LogP contribution in [0.4, 0.5) is 5.69 Å². The van der Waals surface area contributed by atoms with E-state index in [9.17, 15) is 8.42 Å². The van der Waals surface area contributed by atoms with Crippen molar-refractivity contribution in [2.45, 2.75) is 37.9 Å². The zero-order valence-corrected chi connectivity index (χ0v) is 12.2. The molecule has 4 nitrogen and oxygen atoms in total. The number of anilines is 1. The summed E-state index contributed by atoms with van der Waals surface area (Å²) in [5.41, 5.74) is 1.81. The summed E-state index contributed by atoms with van der Waals surface area (Å²) in [7, 11) is -3.27. The molecule has 1 heterocycles. The fourth-order valence-corrected chi connectivity index (χ4v) is 3.98. The van der Waals surface area contributed by atoms with E-state index in [1.807, 2.05) is 24.3 Å². The molecule has 0 atom stereocenters. The van der Waals surface area contributed by atoms with Crippen LogP contribution in [-0.2, 0) is 16.4 Å². The van der Waals surface area contributed by atoms with Crippen LogP contribution in [0.1, 0.15) is 31.7 Å².